The van der Waals surface area contributed by atoms with Crippen molar-refractivity contribution in [3.63, 3.8) is 0 Å². The number of nitrogens with zero attached hydrogens (tertiary/aromatic N) is 1. The van der Waals surface area contributed by atoms with Crippen LogP contribution in [0.25, 0.3) is 0 Å². The number of benzene rings is 2. The molecular weight excluding hydrogens is 552 g/mol. The molecule has 2 fully saturated rings. The molecule has 1 aliphatic carbocycles. The minimum atomic E-state index is -5.02. The molecule has 41 heavy (non-hydrogen) atoms. The number of amides is 1. The smallest absolute Gasteiger partial charge is 0.416 e. The van der Waals surface area contributed by atoms with Crippen LogP contribution in [0.2, 0.25) is 0 Å². The summed E-state index contributed by atoms with van der Waals surface area (Å²) >= 11 is 0. The van der Waals surface area contributed by atoms with Crippen molar-refractivity contribution in [3.05, 3.63) is 70.3 Å². The third-order valence-electron chi connectivity index (χ3n) is 7.86. The predicted molar refractivity (Wildman–Crippen MR) is 139 cm³/mol. The summed E-state index contributed by atoms with van der Waals surface area (Å²) in [6.45, 7) is 7.28. The Labute approximate surface area is 235 Å². The molecule has 4 rings (SSSR count). The third kappa shape index (κ3) is 7.17. The molecule has 0 bridgehead atoms. The average molecular weight is 588 g/mol. The van der Waals surface area contributed by atoms with E-state index in [1.807, 2.05) is 31.2 Å². The van der Waals surface area contributed by atoms with Crippen molar-refractivity contribution in [2.24, 2.45) is 11.8 Å². The zero-order valence-corrected chi connectivity index (χ0v) is 23.4. The van der Waals surface area contributed by atoms with E-state index >= 15 is 0 Å². The normalized spacial score (nSPS) is 24.2. The Kier molecular flexibility index (Phi) is 8.72. The number of aliphatic hydroxyl groups excluding tert-OH is 1. The van der Waals surface area contributed by atoms with E-state index in [2.05, 4.69) is 0 Å². The first kappa shape index (κ1) is 31.2. The zero-order chi connectivity index (χ0) is 30.3. The standard InChI is InChI=1S/C30H35F6NO4/c1-17-7-5-6-8-22(17)26-23-15-37(27(39)41-28(2,3)4)14-18(23)9-10-24(26)40-25(16-38)19-11-20(29(31,32)33)13-21(12-19)30(34,35)36/h5-8,11-13,18,23-26,38H,9-10,14-16H2,1-4H3/t18-,23-,24+,25+,26+/m1/s1. The van der Waals surface area contributed by atoms with Crippen LogP contribution >= 0.6 is 0 Å². The summed E-state index contributed by atoms with van der Waals surface area (Å²) in [6, 6.07) is 8.83. The van der Waals surface area contributed by atoms with Crippen molar-refractivity contribution in [1.29, 1.82) is 0 Å². The number of rotatable bonds is 5. The fourth-order valence-electron chi connectivity index (χ4n) is 6.07. The van der Waals surface area contributed by atoms with Crippen LogP contribution in [0.1, 0.15) is 73.5 Å². The maximum Gasteiger partial charge on any atom is 0.416 e. The number of aryl methyl sites for hydroxylation is 1. The number of carbonyl (C=O) groups excluding carboxylic acids is 1. The number of likely N-dealkylation sites (tertiary alicyclic amines) is 1. The first-order chi connectivity index (χ1) is 19.0. The van der Waals surface area contributed by atoms with E-state index in [9.17, 15) is 36.2 Å². The number of ether oxygens (including phenoxy) is 2. The van der Waals surface area contributed by atoms with Crippen LogP contribution in [0.15, 0.2) is 42.5 Å². The van der Waals surface area contributed by atoms with Crippen LogP contribution < -0.4 is 0 Å². The van der Waals surface area contributed by atoms with Gasteiger partial charge in [-0.1, -0.05) is 24.3 Å². The van der Waals surface area contributed by atoms with Gasteiger partial charge < -0.3 is 19.5 Å². The van der Waals surface area contributed by atoms with Gasteiger partial charge in [-0.3, -0.25) is 0 Å². The second kappa shape index (κ2) is 11.5. The Morgan fingerprint density at radius 3 is 2.12 bits per heavy atom. The topological polar surface area (TPSA) is 59.0 Å². The highest BCUT2D eigenvalue weighted by Crippen LogP contribution is 2.49. The van der Waals surface area contributed by atoms with E-state index in [0.717, 1.165) is 11.1 Å². The molecule has 0 aromatic heterocycles. The molecular formula is C30H35F6NO4. The first-order valence-electron chi connectivity index (χ1n) is 13.6. The number of halogens is 6. The summed E-state index contributed by atoms with van der Waals surface area (Å²) in [6.07, 6.45) is -11.5. The maximum absolute atomic E-state index is 13.5. The molecule has 226 valence electrons. The van der Waals surface area contributed by atoms with Crippen molar-refractivity contribution in [2.45, 2.75) is 76.6 Å². The number of aliphatic hydroxyl groups is 1. The largest absolute Gasteiger partial charge is 0.444 e. The van der Waals surface area contributed by atoms with E-state index in [-0.39, 0.29) is 23.8 Å². The second-order valence-electron chi connectivity index (χ2n) is 12.0. The summed E-state index contributed by atoms with van der Waals surface area (Å²) in [7, 11) is 0. The zero-order valence-electron chi connectivity index (χ0n) is 23.4. The Morgan fingerprint density at radius 1 is 0.976 bits per heavy atom. The highest BCUT2D eigenvalue weighted by molar-refractivity contribution is 5.68. The molecule has 1 amide bonds. The van der Waals surface area contributed by atoms with Crippen LogP contribution in [-0.4, -0.2) is 47.5 Å². The molecule has 1 aliphatic heterocycles. The van der Waals surface area contributed by atoms with E-state index in [4.69, 9.17) is 9.47 Å². The van der Waals surface area contributed by atoms with Crippen LogP contribution in [0.4, 0.5) is 31.1 Å². The van der Waals surface area contributed by atoms with Gasteiger partial charge in [0.2, 0.25) is 0 Å². The lowest BCUT2D eigenvalue weighted by molar-refractivity contribution is -0.143. The Balaban J connectivity index is 1.68. The van der Waals surface area contributed by atoms with Crippen molar-refractivity contribution < 1.29 is 45.7 Å². The molecule has 2 aromatic rings. The number of fused-ring (bicyclic) bond motifs is 1. The Bertz CT molecular complexity index is 1210. The molecule has 0 unspecified atom stereocenters. The lowest BCUT2D eigenvalue weighted by Crippen LogP contribution is -2.39. The number of carbonyl (C=O) groups is 1. The second-order valence-corrected chi connectivity index (χ2v) is 12.0. The number of alkyl halides is 6. The molecule has 2 aromatic carbocycles. The molecule has 1 heterocycles. The molecule has 1 N–H and O–H groups in total. The highest BCUT2D eigenvalue weighted by Gasteiger charge is 2.48. The molecule has 1 saturated heterocycles. The van der Waals surface area contributed by atoms with E-state index in [0.29, 0.717) is 38.1 Å². The van der Waals surface area contributed by atoms with Gasteiger partial charge in [0.15, 0.2) is 0 Å². The minimum Gasteiger partial charge on any atom is -0.444 e. The quantitative estimate of drug-likeness (QED) is 0.368. The lowest BCUT2D eigenvalue weighted by atomic mass is 9.68. The Hall–Kier alpha value is -2.79. The van der Waals surface area contributed by atoms with E-state index in [1.54, 1.807) is 25.7 Å². The molecule has 5 atom stereocenters. The molecule has 1 saturated carbocycles. The van der Waals surface area contributed by atoms with Gasteiger partial charge in [-0.25, -0.2) is 4.79 Å². The molecule has 0 spiro atoms. The summed E-state index contributed by atoms with van der Waals surface area (Å²) in [5.74, 6) is -0.303. The fraction of sp³-hybridized carbons (Fsp3) is 0.567. The maximum atomic E-state index is 13.5. The number of hydrogen-bond donors (Lipinski definition) is 1. The van der Waals surface area contributed by atoms with Gasteiger partial charge in [-0.05, 0) is 87.3 Å². The molecule has 11 heteroatoms. The average Bonchev–Trinajstić information content (AvgIpc) is 3.30. The van der Waals surface area contributed by atoms with Crippen LogP contribution in [0.3, 0.4) is 0 Å². The van der Waals surface area contributed by atoms with Crippen LogP contribution in [0, 0.1) is 18.8 Å². The van der Waals surface area contributed by atoms with Crippen molar-refractivity contribution in [1.82, 2.24) is 4.90 Å². The van der Waals surface area contributed by atoms with Crippen LogP contribution in [0.5, 0.6) is 0 Å². The third-order valence-corrected chi connectivity index (χ3v) is 7.86. The summed E-state index contributed by atoms with van der Waals surface area (Å²) < 4.78 is 93.0. The van der Waals surface area contributed by atoms with Crippen molar-refractivity contribution in [2.75, 3.05) is 19.7 Å². The fourth-order valence-corrected chi connectivity index (χ4v) is 6.07. The first-order valence-corrected chi connectivity index (χ1v) is 13.6. The van der Waals surface area contributed by atoms with Gasteiger partial charge >= 0.3 is 18.4 Å². The van der Waals surface area contributed by atoms with Gasteiger partial charge in [0, 0.05) is 19.0 Å². The minimum absolute atomic E-state index is 0.0586. The molecule has 5 nitrogen and oxygen atoms in total. The molecule has 0 radical (unpaired) electrons. The monoisotopic (exact) mass is 587 g/mol. The SMILES string of the molecule is Cc1ccccc1[C@H]1[C@@H]2CN(C(=O)OC(C)(C)C)C[C@H]2CC[C@@H]1O[C@@H](CO)c1cc(C(F)(F)F)cc(C(F)(F)F)c1. The van der Waals surface area contributed by atoms with Gasteiger partial charge in [0.25, 0.3) is 0 Å². The van der Waals surface area contributed by atoms with Gasteiger partial charge in [-0.2, -0.15) is 26.3 Å². The predicted octanol–water partition coefficient (Wildman–Crippen LogP) is 7.51. The van der Waals surface area contributed by atoms with Crippen LogP contribution in [-0.2, 0) is 21.8 Å². The summed E-state index contributed by atoms with van der Waals surface area (Å²) in [4.78, 5) is 14.5. The van der Waals surface area contributed by atoms with Gasteiger partial charge in [0.1, 0.15) is 11.7 Å². The lowest BCUT2D eigenvalue weighted by Gasteiger charge is -2.41. The number of hydrogen-bond acceptors (Lipinski definition) is 4. The summed E-state index contributed by atoms with van der Waals surface area (Å²) in [5.41, 5.74) is -2.14. The highest BCUT2D eigenvalue weighted by atomic mass is 19.4. The van der Waals surface area contributed by atoms with E-state index in [1.165, 1.54) is 0 Å². The summed E-state index contributed by atoms with van der Waals surface area (Å²) in [5, 5.41) is 10.2. The van der Waals surface area contributed by atoms with Gasteiger partial charge in [0.05, 0.1) is 23.8 Å². The van der Waals surface area contributed by atoms with Gasteiger partial charge in [-0.15, -0.1) is 0 Å². The van der Waals surface area contributed by atoms with Crippen molar-refractivity contribution >= 4 is 6.09 Å². The molecule has 2 aliphatic rings. The van der Waals surface area contributed by atoms with E-state index < -0.39 is 59.6 Å². The van der Waals surface area contributed by atoms with Crippen molar-refractivity contribution in [3.8, 4) is 0 Å². The Morgan fingerprint density at radius 2 is 1.59 bits per heavy atom.